The number of allylic oxidation sites excluding steroid dienone is 7. The van der Waals surface area contributed by atoms with Gasteiger partial charge in [-0.15, -0.1) is 0 Å². The average molecular weight is 949 g/mol. The fraction of sp³-hybridized carbons (Fsp3) is 0.842. The first-order valence-corrected chi connectivity index (χ1v) is 29.5. The Kier molecular flexibility index (Phi) is 47.4. The van der Waals surface area contributed by atoms with Crippen LogP contribution in [0.5, 0.6) is 0 Å². The molecule has 3 atom stereocenters. The highest BCUT2D eigenvalue weighted by atomic mass is 31.2. The molecule has 0 heterocycles. The molecule has 66 heavy (non-hydrogen) atoms. The van der Waals surface area contributed by atoms with Crippen LogP contribution in [0.1, 0.15) is 258 Å². The van der Waals surface area contributed by atoms with E-state index in [0.29, 0.717) is 17.4 Å². The number of hydrogen-bond donors (Lipinski definition) is 2. The topological polar surface area (TPSA) is 108 Å². The van der Waals surface area contributed by atoms with Crippen LogP contribution in [0.15, 0.2) is 48.6 Å². The van der Waals surface area contributed by atoms with Crippen molar-refractivity contribution in [1.29, 1.82) is 0 Å². The van der Waals surface area contributed by atoms with Gasteiger partial charge in [0.1, 0.15) is 13.2 Å². The van der Waals surface area contributed by atoms with Gasteiger partial charge in [0.05, 0.1) is 39.9 Å². The lowest BCUT2D eigenvalue weighted by Crippen LogP contribution is -2.45. The molecule has 0 aromatic carbocycles. The monoisotopic (exact) mass is 949 g/mol. The lowest BCUT2D eigenvalue weighted by Gasteiger charge is -2.29. The van der Waals surface area contributed by atoms with E-state index in [1.807, 2.05) is 27.2 Å². The van der Waals surface area contributed by atoms with Crippen LogP contribution in [-0.2, 0) is 18.4 Å². The number of nitrogens with one attached hydrogen (secondary N) is 1. The predicted molar refractivity (Wildman–Crippen MR) is 284 cm³/mol. The van der Waals surface area contributed by atoms with Crippen molar-refractivity contribution >= 4 is 13.7 Å². The Labute approximate surface area is 409 Å². The van der Waals surface area contributed by atoms with Crippen molar-refractivity contribution in [1.82, 2.24) is 5.32 Å². The van der Waals surface area contributed by atoms with Crippen LogP contribution in [0.25, 0.3) is 0 Å². The number of aliphatic hydroxyl groups is 1. The Balaban J connectivity index is 4.27. The molecule has 2 N–H and O–H groups in total. The molecule has 0 saturated carbocycles. The Hall–Kier alpha value is -1.54. The fourth-order valence-electron chi connectivity index (χ4n) is 8.06. The number of amides is 1. The standard InChI is InChI=1S/C57H109N2O6P/c1-6-8-10-12-14-16-18-20-22-24-26-27-28-29-30-31-33-35-37-39-41-43-45-47-49-51-57(61)58-55(54-65-66(62,63)64-53-52-59(3,4)5)56(60)50-48-46-44-42-40-38-36-34-32-25-23-21-19-17-15-13-11-9-7-2/h24,26,32,34,40,42,48,50,55-56,60H,6-23,25,27-31,33,35-39,41,43-47,49,51-54H2,1-5H3,(H-,58,61,62,63)/b26-24-,34-32+,42-40+,50-48+. The molecule has 0 fully saturated rings. The molecule has 8 nitrogen and oxygen atoms in total. The van der Waals surface area contributed by atoms with Crippen LogP contribution in [0.4, 0.5) is 0 Å². The van der Waals surface area contributed by atoms with Crippen LogP contribution >= 0.6 is 7.82 Å². The molecular formula is C57H109N2O6P. The van der Waals surface area contributed by atoms with E-state index < -0.39 is 26.6 Å². The number of rotatable bonds is 51. The second kappa shape index (κ2) is 48.5. The average Bonchev–Trinajstić information content (AvgIpc) is 3.28. The summed E-state index contributed by atoms with van der Waals surface area (Å²) in [4.78, 5) is 25.5. The number of unbranched alkanes of at least 4 members (excludes halogenated alkanes) is 32. The smallest absolute Gasteiger partial charge is 0.268 e. The van der Waals surface area contributed by atoms with Gasteiger partial charge in [0.15, 0.2) is 0 Å². The minimum Gasteiger partial charge on any atom is -0.756 e. The van der Waals surface area contributed by atoms with E-state index in [-0.39, 0.29) is 12.5 Å². The highest BCUT2D eigenvalue weighted by Crippen LogP contribution is 2.38. The van der Waals surface area contributed by atoms with E-state index in [9.17, 15) is 19.4 Å². The number of hydrogen-bond acceptors (Lipinski definition) is 6. The summed E-state index contributed by atoms with van der Waals surface area (Å²) in [6, 6.07) is -0.910. The van der Waals surface area contributed by atoms with Crippen LogP contribution in [0.3, 0.4) is 0 Å². The fourth-order valence-corrected chi connectivity index (χ4v) is 8.79. The first-order chi connectivity index (χ1) is 32.0. The van der Waals surface area contributed by atoms with E-state index in [1.54, 1.807) is 6.08 Å². The van der Waals surface area contributed by atoms with Gasteiger partial charge in [-0.3, -0.25) is 9.36 Å². The van der Waals surface area contributed by atoms with Gasteiger partial charge in [-0.05, 0) is 70.6 Å². The summed E-state index contributed by atoms with van der Waals surface area (Å²) in [5, 5.41) is 13.8. The third-order valence-corrected chi connectivity index (χ3v) is 13.5. The number of quaternary nitrogens is 1. The molecule has 0 spiro atoms. The van der Waals surface area contributed by atoms with E-state index in [0.717, 1.165) is 44.9 Å². The van der Waals surface area contributed by atoms with Crippen LogP contribution in [0.2, 0.25) is 0 Å². The van der Waals surface area contributed by atoms with Crippen LogP contribution in [-0.4, -0.2) is 68.5 Å². The second-order valence-electron chi connectivity index (χ2n) is 20.3. The molecule has 0 aliphatic carbocycles. The van der Waals surface area contributed by atoms with Crippen molar-refractivity contribution in [2.75, 3.05) is 40.9 Å². The van der Waals surface area contributed by atoms with Gasteiger partial charge in [0.25, 0.3) is 7.82 Å². The Morgan fingerprint density at radius 3 is 1.23 bits per heavy atom. The molecule has 3 unspecified atom stereocenters. The van der Waals surface area contributed by atoms with Crippen molar-refractivity contribution in [3.05, 3.63) is 48.6 Å². The molecule has 0 saturated heterocycles. The predicted octanol–water partition coefficient (Wildman–Crippen LogP) is 16.1. The molecule has 0 aromatic heterocycles. The minimum atomic E-state index is -4.61. The summed E-state index contributed by atoms with van der Waals surface area (Å²) in [5.41, 5.74) is 0. The first-order valence-electron chi connectivity index (χ1n) is 28.0. The van der Waals surface area contributed by atoms with Gasteiger partial charge in [0.2, 0.25) is 5.91 Å². The summed E-state index contributed by atoms with van der Waals surface area (Å²) >= 11 is 0. The van der Waals surface area contributed by atoms with E-state index in [1.165, 1.54) is 193 Å². The largest absolute Gasteiger partial charge is 0.756 e. The lowest BCUT2D eigenvalue weighted by atomic mass is 10.0. The van der Waals surface area contributed by atoms with Gasteiger partial charge in [-0.1, -0.05) is 229 Å². The summed E-state index contributed by atoms with van der Waals surface area (Å²) in [7, 11) is 1.24. The molecule has 0 rings (SSSR count). The van der Waals surface area contributed by atoms with Gasteiger partial charge < -0.3 is 28.8 Å². The Bertz CT molecular complexity index is 1210. The third-order valence-electron chi connectivity index (χ3n) is 12.5. The number of aliphatic hydroxyl groups excluding tert-OH is 1. The molecule has 0 aliphatic rings. The van der Waals surface area contributed by atoms with Crippen molar-refractivity contribution in [3.8, 4) is 0 Å². The quantitative estimate of drug-likeness (QED) is 0.0272. The number of phosphoric acid groups is 1. The molecule has 0 aromatic rings. The van der Waals surface area contributed by atoms with E-state index in [2.05, 4.69) is 55.6 Å². The highest BCUT2D eigenvalue weighted by molar-refractivity contribution is 7.45. The lowest BCUT2D eigenvalue weighted by molar-refractivity contribution is -0.870. The van der Waals surface area contributed by atoms with Crippen molar-refractivity contribution in [2.24, 2.45) is 0 Å². The van der Waals surface area contributed by atoms with Gasteiger partial charge in [-0.2, -0.15) is 0 Å². The van der Waals surface area contributed by atoms with E-state index >= 15 is 0 Å². The molecule has 1 amide bonds. The highest BCUT2D eigenvalue weighted by Gasteiger charge is 2.23. The number of phosphoric ester groups is 1. The molecular weight excluding hydrogens is 840 g/mol. The van der Waals surface area contributed by atoms with Gasteiger partial charge in [0, 0.05) is 6.42 Å². The van der Waals surface area contributed by atoms with Crippen LogP contribution < -0.4 is 10.2 Å². The zero-order chi connectivity index (χ0) is 48.5. The van der Waals surface area contributed by atoms with E-state index in [4.69, 9.17) is 9.05 Å². The zero-order valence-electron chi connectivity index (χ0n) is 44.1. The van der Waals surface area contributed by atoms with Gasteiger partial charge >= 0.3 is 0 Å². The normalized spacial score (nSPS) is 14.3. The minimum absolute atomic E-state index is 0.00910. The van der Waals surface area contributed by atoms with Crippen molar-refractivity contribution in [3.63, 3.8) is 0 Å². The molecule has 0 bridgehead atoms. The number of carbonyl (C=O) groups excluding carboxylic acids is 1. The first kappa shape index (κ1) is 64.5. The van der Waals surface area contributed by atoms with Crippen molar-refractivity contribution < 1.29 is 32.9 Å². The maximum absolute atomic E-state index is 12.9. The summed E-state index contributed by atoms with van der Waals surface area (Å²) in [6.07, 6.45) is 63.3. The summed E-state index contributed by atoms with van der Waals surface area (Å²) in [6.45, 7) is 4.64. The van der Waals surface area contributed by atoms with Crippen LogP contribution in [0, 0.1) is 0 Å². The number of likely N-dealkylation sites (N-methyl/N-ethyl adjacent to an activating group) is 1. The molecule has 9 heteroatoms. The summed E-state index contributed by atoms with van der Waals surface area (Å²) < 4.78 is 23.3. The van der Waals surface area contributed by atoms with Gasteiger partial charge in [-0.25, -0.2) is 0 Å². The second-order valence-corrected chi connectivity index (χ2v) is 21.7. The SMILES string of the molecule is CCCCCCCCCC/C=C\CCCCCCCCCCCCCCCC(=O)NC(COP(=O)([O-])OCC[N+](C)(C)C)C(O)/C=C/CC/C=C/CC/C=C/CCCCCCCCCCC. The number of nitrogens with zero attached hydrogens (tertiary/aromatic N) is 1. The molecule has 0 radical (unpaired) electrons. The molecule has 0 aliphatic heterocycles. The van der Waals surface area contributed by atoms with Crippen molar-refractivity contribution in [2.45, 2.75) is 270 Å². The zero-order valence-corrected chi connectivity index (χ0v) is 45.0. The Morgan fingerprint density at radius 2 is 0.848 bits per heavy atom. The maximum Gasteiger partial charge on any atom is 0.268 e. The Morgan fingerprint density at radius 1 is 0.515 bits per heavy atom. The molecule has 388 valence electrons. The maximum atomic E-state index is 12.9. The number of carbonyl (C=O) groups is 1. The summed E-state index contributed by atoms with van der Waals surface area (Å²) in [5.74, 6) is -0.210. The third kappa shape index (κ3) is 50.3.